The van der Waals surface area contributed by atoms with E-state index in [0.717, 1.165) is 31.3 Å². The van der Waals surface area contributed by atoms with E-state index in [9.17, 15) is 0 Å². The quantitative estimate of drug-likeness (QED) is 0.807. The van der Waals surface area contributed by atoms with Crippen LogP contribution in [0.3, 0.4) is 0 Å². The third kappa shape index (κ3) is 4.44. The van der Waals surface area contributed by atoms with Crippen molar-refractivity contribution in [2.24, 2.45) is 0 Å². The first kappa shape index (κ1) is 14.2. The maximum atomic E-state index is 5.77. The minimum Gasteiger partial charge on any atom is -0.377 e. The van der Waals surface area contributed by atoms with E-state index >= 15 is 0 Å². The topological polar surface area (TPSA) is 41.5 Å². The standard InChI is InChI=1S/C14H24N4O/c1-17(2)14-15-8-7-12(16-14)10-18(3)11-13-6-4-5-9-19-13/h7-8,13H,4-6,9-11H2,1-3H3/t13-/m0/s1. The van der Waals surface area contributed by atoms with Crippen molar-refractivity contribution in [1.29, 1.82) is 0 Å². The summed E-state index contributed by atoms with van der Waals surface area (Å²) < 4.78 is 5.77. The lowest BCUT2D eigenvalue weighted by molar-refractivity contribution is -0.00274. The molecule has 0 amide bonds. The van der Waals surface area contributed by atoms with E-state index in [1.54, 1.807) is 0 Å². The molecule has 0 unspecified atom stereocenters. The Kier molecular flexibility index (Phi) is 5.10. The SMILES string of the molecule is CN(Cc1ccnc(N(C)C)n1)C[C@@H]1CCCCO1. The van der Waals surface area contributed by atoms with Crippen LogP contribution in [0, 0.1) is 0 Å². The van der Waals surface area contributed by atoms with Gasteiger partial charge >= 0.3 is 0 Å². The van der Waals surface area contributed by atoms with Gasteiger partial charge in [0.15, 0.2) is 0 Å². The van der Waals surface area contributed by atoms with Gasteiger partial charge in [-0.1, -0.05) is 0 Å². The number of anilines is 1. The smallest absolute Gasteiger partial charge is 0.225 e. The maximum Gasteiger partial charge on any atom is 0.225 e. The molecule has 1 fully saturated rings. The molecule has 1 atom stereocenters. The van der Waals surface area contributed by atoms with Crippen LogP contribution in [0.2, 0.25) is 0 Å². The summed E-state index contributed by atoms with van der Waals surface area (Å²) in [6, 6.07) is 1.98. The first-order valence-corrected chi connectivity index (χ1v) is 6.94. The molecule has 5 heteroatoms. The molecular formula is C14H24N4O. The molecule has 19 heavy (non-hydrogen) atoms. The molecule has 0 spiro atoms. The van der Waals surface area contributed by atoms with Gasteiger partial charge in [0.25, 0.3) is 0 Å². The van der Waals surface area contributed by atoms with Crippen molar-refractivity contribution in [3.63, 3.8) is 0 Å². The second kappa shape index (κ2) is 6.82. The van der Waals surface area contributed by atoms with E-state index in [-0.39, 0.29) is 0 Å². The summed E-state index contributed by atoms with van der Waals surface area (Å²) in [6.45, 7) is 2.72. The Morgan fingerprint density at radius 3 is 2.84 bits per heavy atom. The minimum atomic E-state index is 0.383. The molecule has 2 rings (SSSR count). The molecule has 0 saturated carbocycles. The predicted molar refractivity (Wildman–Crippen MR) is 76.3 cm³/mol. The number of ether oxygens (including phenoxy) is 1. The van der Waals surface area contributed by atoms with Crippen molar-refractivity contribution in [1.82, 2.24) is 14.9 Å². The Labute approximate surface area is 115 Å². The second-order valence-electron chi connectivity index (χ2n) is 5.43. The third-order valence-electron chi connectivity index (χ3n) is 3.32. The van der Waals surface area contributed by atoms with E-state index in [1.807, 2.05) is 31.3 Å². The van der Waals surface area contributed by atoms with E-state index in [2.05, 4.69) is 21.9 Å². The van der Waals surface area contributed by atoms with Crippen LogP contribution in [-0.2, 0) is 11.3 Å². The summed E-state index contributed by atoms with van der Waals surface area (Å²) in [5, 5.41) is 0. The fourth-order valence-electron chi connectivity index (χ4n) is 2.33. The van der Waals surface area contributed by atoms with Crippen LogP contribution in [0.1, 0.15) is 25.0 Å². The molecule has 106 valence electrons. The Balaban J connectivity index is 1.87. The summed E-state index contributed by atoms with van der Waals surface area (Å²) in [4.78, 5) is 13.0. The molecule has 0 radical (unpaired) electrons. The average molecular weight is 264 g/mol. The molecule has 0 aromatic carbocycles. The van der Waals surface area contributed by atoms with Crippen LogP contribution >= 0.6 is 0 Å². The van der Waals surface area contributed by atoms with Gasteiger partial charge in [-0.15, -0.1) is 0 Å². The highest BCUT2D eigenvalue weighted by atomic mass is 16.5. The van der Waals surface area contributed by atoms with Crippen molar-refractivity contribution >= 4 is 5.95 Å². The third-order valence-corrected chi connectivity index (χ3v) is 3.32. The first-order valence-electron chi connectivity index (χ1n) is 6.94. The van der Waals surface area contributed by atoms with Gasteiger partial charge in [-0.05, 0) is 32.4 Å². The van der Waals surface area contributed by atoms with Crippen molar-refractivity contribution < 1.29 is 4.74 Å². The summed E-state index contributed by atoms with van der Waals surface area (Å²) in [5.41, 5.74) is 1.05. The molecule has 2 heterocycles. The molecule has 5 nitrogen and oxygen atoms in total. The Bertz CT molecular complexity index is 391. The molecule has 1 aliphatic heterocycles. The van der Waals surface area contributed by atoms with Crippen molar-refractivity contribution in [2.75, 3.05) is 39.2 Å². The molecule has 0 bridgehead atoms. The number of rotatable bonds is 5. The molecule has 0 N–H and O–H groups in total. The Hall–Kier alpha value is -1.20. The molecule has 1 aliphatic rings. The number of hydrogen-bond donors (Lipinski definition) is 0. The van der Waals surface area contributed by atoms with Crippen molar-refractivity contribution in [2.45, 2.75) is 31.9 Å². The highest BCUT2D eigenvalue weighted by molar-refractivity contribution is 5.26. The minimum absolute atomic E-state index is 0.383. The van der Waals surface area contributed by atoms with Gasteiger partial charge < -0.3 is 9.64 Å². The fourth-order valence-corrected chi connectivity index (χ4v) is 2.33. The summed E-state index contributed by atoms with van der Waals surface area (Å²) in [7, 11) is 6.03. The van der Waals surface area contributed by atoms with Crippen molar-refractivity contribution in [3.05, 3.63) is 18.0 Å². The van der Waals surface area contributed by atoms with Crippen LogP contribution in [0.4, 0.5) is 5.95 Å². The van der Waals surface area contributed by atoms with E-state index in [0.29, 0.717) is 6.10 Å². The summed E-state index contributed by atoms with van der Waals surface area (Å²) in [5.74, 6) is 0.764. The van der Waals surface area contributed by atoms with Gasteiger partial charge in [0.2, 0.25) is 5.95 Å². The van der Waals surface area contributed by atoms with Crippen molar-refractivity contribution in [3.8, 4) is 0 Å². The lowest BCUT2D eigenvalue weighted by Crippen LogP contribution is -2.33. The van der Waals surface area contributed by atoms with Crippen LogP contribution in [0.25, 0.3) is 0 Å². The van der Waals surface area contributed by atoms with E-state index in [4.69, 9.17) is 4.74 Å². The van der Waals surface area contributed by atoms with Gasteiger partial charge in [-0.3, -0.25) is 4.90 Å². The summed E-state index contributed by atoms with van der Waals surface area (Å²) in [6.07, 6.45) is 5.88. The largest absolute Gasteiger partial charge is 0.377 e. The second-order valence-corrected chi connectivity index (χ2v) is 5.43. The van der Waals surface area contributed by atoms with Crippen LogP contribution in [0.5, 0.6) is 0 Å². The lowest BCUT2D eigenvalue weighted by Gasteiger charge is -2.27. The van der Waals surface area contributed by atoms with Crippen LogP contribution in [-0.4, -0.2) is 55.3 Å². The highest BCUT2D eigenvalue weighted by Gasteiger charge is 2.16. The zero-order valence-corrected chi connectivity index (χ0v) is 12.2. The zero-order valence-electron chi connectivity index (χ0n) is 12.2. The van der Waals surface area contributed by atoms with Crippen LogP contribution in [0.15, 0.2) is 12.3 Å². The molecule has 0 aliphatic carbocycles. The van der Waals surface area contributed by atoms with Gasteiger partial charge in [-0.25, -0.2) is 9.97 Å². The predicted octanol–water partition coefficient (Wildman–Crippen LogP) is 1.54. The Morgan fingerprint density at radius 2 is 2.16 bits per heavy atom. The Morgan fingerprint density at radius 1 is 1.32 bits per heavy atom. The lowest BCUT2D eigenvalue weighted by atomic mass is 10.1. The van der Waals surface area contributed by atoms with E-state index in [1.165, 1.54) is 19.3 Å². The molecular weight excluding hydrogens is 240 g/mol. The van der Waals surface area contributed by atoms with Gasteiger partial charge in [0.05, 0.1) is 11.8 Å². The number of hydrogen-bond acceptors (Lipinski definition) is 5. The number of nitrogens with zero attached hydrogens (tertiary/aromatic N) is 4. The van der Waals surface area contributed by atoms with Gasteiger partial charge in [0, 0.05) is 40.0 Å². The fraction of sp³-hybridized carbons (Fsp3) is 0.714. The van der Waals surface area contributed by atoms with Gasteiger partial charge in [0.1, 0.15) is 0 Å². The summed E-state index contributed by atoms with van der Waals surface area (Å²) >= 11 is 0. The van der Waals surface area contributed by atoms with Crippen LogP contribution < -0.4 is 4.90 Å². The van der Waals surface area contributed by atoms with Gasteiger partial charge in [-0.2, -0.15) is 0 Å². The number of likely N-dealkylation sites (N-methyl/N-ethyl adjacent to an activating group) is 1. The molecule has 1 aromatic heterocycles. The normalized spacial score (nSPS) is 19.7. The van der Waals surface area contributed by atoms with E-state index < -0.39 is 0 Å². The monoisotopic (exact) mass is 264 g/mol. The highest BCUT2D eigenvalue weighted by Crippen LogP contribution is 2.14. The average Bonchev–Trinajstić information content (AvgIpc) is 2.40. The molecule has 1 aromatic rings. The maximum absolute atomic E-state index is 5.77. The molecule has 1 saturated heterocycles. The number of aromatic nitrogens is 2. The zero-order chi connectivity index (χ0) is 13.7. The first-order chi connectivity index (χ1) is 9.15.